The molecule has 0 bridgehead atoms. The number of tetrazole rings is 1. The number of amides is 1. The van der Waals surface area contributed by atoms with Gasteiger partial charge in [0.2, 0.25) is 5.91 Å². The summed E-state index contributed by atoms with van der Waals surface area (Å²) in [6.07, 6.45) is 2.43. The minimum atomic E-state index is -0.939. The van der Waals surface area contributed by atoms with Crippen LogP contribution in [0.5, 0.6) is 0 Å². The number of carbonyl (C=O) groups is 2. The summed E-state index contributed by atoms with van der Waals surface area (Å²) < 4.78 is 1.63. The molecule has 0 atom stereocenters. The second kappa shape index (κ2) is 7.67. The van der Waals surface area contributed by atoms with Gasteiger partial charge in [-0.25, -0.2) is 4.68 Å². The summed E-state index contributed by atoms with van der Waals surface area (Å²) in [6.45, 7) is 3.85. The molecule has 0 aliphatic carbocycles. The number of aliphatic carboxylic acids is 1. The quantitative estimate of drug-likeness (QED) is 0.626. The number of carboxylic acids is 1. The van der Waals surface area contributed by atoms with Crippen molar-refractivity contribution < 1.29 is 14.7 Å². The molecule has 0 spiro atoms. The van der Waals surface area contributed by atoms with Crippen molar-refractivity contribution >= 4 is 11.9 Å². The van der Waals surface area contributed by atoms with Crippen molar-refractivity contribution in [2.24, 2.45) is 0 Å². The number of carbonyl (C=O) groups excluding carboxylic acids is 1. The van der Waals surface area contributed by atoms with E-state index in [2.05, 4.69) is 25.7 Å². The van der Waals surface area contributed by atoms with Crippen LogP contribution in [0.25, 0.3) is 0 Å². The molecular weight excluding hydrogens is 276 g/mol. The number of rotatable bonds is 8. The maximum Gasteiger partial charge on any atom is 0.305 e. The van der Waals surface area contributed by atoms with Gasteiger partial charge in [-0.1, -0.05) is 0 Å². The first-order chi connectivity index (χ1) is 10.1. The van der Waals surface area contributed by atoms with Crippen LogP contribution in [0.1, 0.15) is 25.1 Å². The normalized spacial score (nSPS) is 15.2. The van der Waals surface area contributed by atoms with Gasteiger partial charge in [0.05, 0.1) is 19.4 Å². The highest BCUT2D eigenvalue weighted by Gasteiger charge is 2.15. The van der Waals surface area contributed by atoms with E-state index in [1.54, 1.807) is 4.68 Å². The van der Waals surface area contributed by atoms with Gasteiger partial charge in [0.15, 0.2) is 5.82 Å². The molecule has 2 heterocycles. The Labute approximate surface area is 122 Å². The van der Waals surface area contributed by atoms with Gasteiger partial charge < -0.3 is 15.3 Å². The van der Waals surface area contributed by atoms with E-state index in [4.69, 9.17) is 5.11 Å². The van der Waals surface area contributed by atoms with E-state index in [-0.39, 0.29) is 25.3 Å². The summed E-state index contributed by atoms with van der Waals surface area (Å²) >= 11 is 0. The molecule has 21 heavy (non-hydrogen) atoms. The van der Waals surface area contributed by atoms with Crippen molar-refractivity contribution in [1.29, 1.82) is 0 Å². The zero-order chi connectivity index (χ0) is 15.1. The van der Waals surface area contributed by atoms with Gasteiger partial charge >= 0.3 is 5.97 Å². The Morgan fingerprint density at radius 1 is 1.24 bits per heavy atom. The summed E-state index contributed by atoms with van der Waals surface area (Å²) in [5.41, 5.74) is 0. The van der Waals surface area contributed by atoms with Gasteiger partial charge in [0.1, 0.15) is 0 Å². The fourth-order valence-electron chi connectivity index (χ4n) is 2.28. The first-order valence-electron chi connectivity index (χ1n) is 7.11. The molecule has 1 aliphatic rings. The number of nitrogens with one attached hydrogen (secondary N) is 1. The average molecular weight is 296 g/mol. The predicted octanol–water partition coefficient (Wildman–Crippen LogP) is -1.10. The van der Waals surface area contributed by atoms with Crippen LogP contribution in [0.3, 0.4) is 0 Å². The maximum absolute atomic E-state index is 11.7. The van der Waals surface area contributed by atoms with Crippen LogP contribution in [-0.4, -0.2) is 68.3 Å². The molecule has 0 saturated carbocycles. The number of aromatic nitrogens is 4. The maximum atomic E-state index is 11.7. The standard InChI is InChI=1S/C12H20N6O3/c19-11(13-4-3-12(20)21)9-10-14-15-16-18(10)8-7-17-5-1-2-6-17/h1-9H2,(H,13,19)(H,20,21). The zero-order valence-corrected chi connectivity index (χ0v) is 11.9. The molecule has 1 aliphatic heterocycles. The third-order valence-electron chi connectivity index (χ3n) is 3.41. The van der Waals surface area contributed by atoms with Gasteiger partial charge in [-0.15, -0.1) is 5.10 Å². The van der Waals surface area contributed by atoms with Gasteiger partial charge in [-0.3, -0.25) is 9.59 Å². The van der Waals surface area contributed by atoms with Crippen LogP contribution in [0, 0.1) is 0 Å². The van der Waals surface area contributed by atoms with Gasteiger partial charge in [0.25, 0.3) is 0 Å². The fraction of sp³-hybridized carbons (Fsp3) is 0.750. The Morgan fingerprint density at radius 3 is 2.71 bits per heavy atom. The van der Waals surface area contributed by atoms with E-state index < -0.39 is 5.97 Å². The van der Waals surface area contributed by atoms with Gasteiger partial charge in [-0.2, -0.15) is 0 Å². The van der Waals surface area contributed by atoms with Crippen molar-refractivity contribution in [1.82, 2.24) is 30.4 Å². The second-order valence-corrected chi connectivity index (χ2v) is 5.04. The summed E-state index contributed by atoms with van der Waals surface area (Å²) in [7, 11) is 0. The first kappa shape index (κ1) is 15.4. The molecule has 1 fully saturated rings. The predicted molar refractivity (Wildman–Crippen MR) is 72.5 cm³/mol. The molecule has 1 saturated heterocycles. The molecule has 1 aromatic rings. The van der Waals surface area contributed by atoms with E-state index in [1.165, 1.54) is 12.8 Å². The van der Waals surface area contributed by atoms with Gasteiger partial charge in [-0.05, 0) is 36.4 Å². The molecule has 2 N–H and O–H groups in total. The van der Waals surface area contributed by atoms with E-state index in [1.807, 2.05) is 0 Å². The lowest BCUT2D eigenvalue weighted by molar-refractivity contribution is -0.136. The van der Waals surface area contributed by atoms with E-state index >= 15 is 0 Å². The van der Waals surface area contributed by atoms with Crippen LogP contribution >= 0.6 is 0 Å². The van der Waals surface area contributed by atoms with Crippen LogP contribution in [0.15, 0.2) is 0 Å². The molecule has 0 unspecified atom stereocenters. The first-order valence-corrected chi connectivity index (χ1v) is 7.11. The third-order valence-corrected chi connectivity index (χ3v) is 3.41. The molecule has 1 amide bonds. The highest BCUT2D eigenvalue weighted by atomic mass is 16.4. The van der Waals surface area contributed by atoms with E-state index in [9.17, 15) is 9.59 Å². The smallest absolute Gasteiger partial charge is 0.305 e. The van der Waals surface area contributed by atoms with Crippen LogP contribution in [0.2, 0.25) is 0 Å². The van der Waals surface area contributed by atoms with Crippen molar-refractivity contribution in [2.75, 3.05) is 26.2 Å². The Kier molecular flexibility index (Phi) is 5.61. The minimum absolute atomic E-state index is 0.0621. The van der Waals surface area contributed by atoms with Crippen molar-refractivity contribution in [3.8, 4) is 0 Å². The second-order valence-electron chi connectivity index (χ2n) is 5.04. The zero-order valence-electron chi connectivity index (χ0n) is 11.9. The number of nitrogens with zero attached hydrogens (tertiary/aromatic N) is 5. The summed E-state index contributed by atoms with van der Waals surface area (Å²) in [4.78, 5) is 24.4. The Hall–Kier alpha value is -2.03. The lowest BCUT2D eigenvalue weighted by Gasteiger charge is -2.14. The molecular formula is C12H20N6O3. The Balaban J connectivity index is 1.76. The van der Waals surface area contributed by atoms with Crippen LogP contribution in [0.4, 0.5) is 0 Å². The van der Waals surface area contributed by atoms with Gasteiger partial charge in [0, 0.05) is 13.1 Å². The minimum Gasteiger partial charge on any atom is -0.481 e. The van der Waals surface area contributed by atoms with Crippen molar-refractivity contribution in [2.45, 2.75) is 32.2 Å². The molecule has 116 valence electrons. The summed E-state index contributed by atoms with van der Waals surface area (Å²) in [6, 6.07) is 0. The number of carboxylic acid groups (broad SMARTS) is 1. The fourth-order valence-corrected chi connectivity index (χ4v) is 2.28. The average Bonchev–Trinajstić information content (AvgIpc) is 3.07. The summed E-state index contributed by atoms with van der Waals surface area (Å²) in [5.74, 6) is -0.707. The SMILES string of the molecule is O=C(O)CCNC(=O)Cc1nnnn1CCN1CCCC1. The number of hydrogen-bond acceptors (Lipinski definition) is 6. The number of hydrogen-bond donors (Lipinski definition) is 2. The van der Waals surface area contributed by atoms with E-state index in [0.717, 1.165) is 19.6 Å². The highest BCUT2D eigenvalue weighted by Crippen LogP contribution is 2.07. The topological polar surface area (TPSA) is 113 Å². The largest absolute Gasteiger partial charge is 0.481 e. The molecule has 2 rings (SSSR count). The molecule has 0 aromatic carbocycles. The Morgan fingerprint density at radius 2 is 2.00 bits per heavy atom. The highest BCUT2D eigenvalue weighted by molar-refractivity contribution is 5.78. The molecule has 9 heteroatoms. The van der Waals surface area contributed by atoms with Crippen LogP contribution in [-0.2, 0) is 22.6 Å². The summed E-state index contributed by atoms with van der Waals surface area (Å²) in [5, 5.41) is 22.4. The monoisotopic (exact) mass is 296 g/mol. The van der Waals surface area contributed by atoms with Crippen LogP contribution < -0.4 is 5.32 Å². The lowest BCUT2D eigenvalue weighted by Crippen LogP contribution is -2.30. The van der Waals surface area contributed by atoms with E-state index in [0.29, 0.717) is 12.4 Å². The number of likely N-dealkylation sites (tertiary alicyclic amines) is 1. The molecule has 1 aromatic heterocycles. The molecule has 0 radical (unpaired) electrons. The van der Waals surface area contributed by atoms with Crippen molar-refractivity contribution in [3.63, 3.8) is 0 Å². The molecule has 9 nitrogen and oxygen atoms in total. The van der Waals surface area contributed by atoms with Crippen molar-refractivity contribution in [3.05, 3.63) is 5.82 Å². The lowest BCUT2D eigenvalue weighted by atomic mass is 10.3. The third kappa shape index (κ3) is 5.10. The Bertz CT molecular complexity index is 483.